The Kier molecular flexibility index (Phi) is 2.71. The van der Waals surface area contributed by atoms with Gasteiger partial charge in [0.1, 0.15) is 0 Å². The minimum absolute atomic E-state index is 0.0231. The SMILES string of the molecule is CCC(=O)c1cc(Cl)ccc1N. The molecule has 0 fully saturated rings. The van der Waals surface area contributed by atoms with E-state index in [1.54, 1.807) is 25.1 Å². The maximum absolute atomic E-state index is 11.2. The average Bonchev–Trinajstić information content (AvgIpc) is 2.08. The third-order valence-corrected chi connectivity index (χ3v) is 1.87. The molecule has 0 unspecified atom stereocenters. The van der Waals surface area contributed by atoms with Gasteiger partial charge in [-0.1, -0.05) is 18.5 Å². The van der Waals surface area contributed by atoms with E-state index >= 15 is 0 Å². The Labute approximate surface area is 76.3 Å². The second kappa shape index (κ2) is 3.59. The first-order chi connectivity index (χ1) is 5.65. The smallest absolute Gasteiger partial charge is 0.164 e. The molecule has 0 aliphatic heterocycles. The largest absolute Gasteiger partial charge is 0.398 e. The standard InChI is InChI=1S/C9H10ClNO/c1-2-9(12)7-5-6(10)3-4-8(7)11/h3-5H,2,11H2,1H3. The molecule has 2 N–H and O–H groups in total. The summed E-state index contributed by atoms with van der Waals surface area (Å²) >= 11 is 5.71. The molecule has 0 heterocycles. The number of hydrogen-bond donors (Lipinski definition) is 1. The fourth-order valence-corrected chi connectivity index (χ4v) is 1.13. The van der Waals surface area contributed by atoms with Crippen LogP contribution in [0, 0.1) is 0 Å². The van der Waals surface area contributed by atoms with Crippen LogP contribution in [0.2, 0.25) is 5.02 Å². The van der Waals surface area contributed by atoms with Gasteiger partial charge in [0.2, 0.25) is 0 Å². The molecule has 0 spiro atoms. The lowest BCUT2D eigenvalue weighted by molar-refractivity contribution is 0.0989. The summed E-state index contributed by atoms with van der Waals surface area (Å²) in [5, 5.41) is 0.543. The van der Waals surface area contributed by atoms with Crippen molar-refractivity contribution in [2.75, 3.05) is 5.73 Å². The fraction of sp³-hybridized carbons (Fsp3) is 0.222. The minimum Gasteiger partial charge on any atom is -0.398 e. The summed E-state index contributed by atoms with van der Waals surface area (Å²) in [7, 11) is 0. The maximum Gasteiger partial charge on any atom is 0.164 e. The first-order valence-electron chi connectivity index (χ1n) is 3.73. The van der Waals surface area contributed by atoms with Gasteiger partial charge in [0.05, 0.1) is 0 Å². The normalized spacial score (nSPS) is 9.83. The Morgan fingerprint density at radius 2 is 2.25 bits per heavy atom. The Morgan fingerprint density at radius 1 is 1.58 bits per heavy atom. The number of halogens is 1. The first-order valence-corrected chi connectivity index (χ1v) is 4.11. The lowest BCUT2D eigenvalue weighted by Crippen LogP contribution is -2.01. The van der Waals surface area contributed by atoms with E-state index in [0.29, 0.717) is 22.7 Å². The average molecular weight is 184 g/mol. The first kappa shape index (κ1) is 9.07. The van der Waals surface area contributed by atoms with E-state index in [2.05, 4.69) is 0 Å². The van der Waals surface area contributed by atoms with Crippen molar-refractivity contribution in [2.45, 2.75) is 13.3 Å². The number of rotatable bonds is 2. The monoisotopic (exact) mass is 183 g/mol. The van der Waals surface area contributed by atoms with Gasteiger partial charge in [0, 0.05) is 22.7 Å². The molecule has 2 nitrogen and oxygen atoms in total. The molecule has 0 atom stereocenters. The van der Waals surface area contributed by atoms with Crippen molar-refractivity contribution in [1.82, 2.24) is 0 Å². The van der Waals surface area contributed by atoms with Crippen LogP contribution in [0.1, 0.15) is 23.7 Å². The number of anilines is 1. The van der Waals surface area contributed by atoms with Crippen molar-refractivity contribution < 1.29 is 4.79 Å². The summed E-state index contributed by atoms with van der Waals surface area (Å²) in [5.41, 5.74) is 6.60. The predicted octanol–water partition coefficient (Wildman–Crippen LogP) is 2.51. The second-order valence-electron chi connectivity index (χ2n) is 2.51. The van der Waals surface area contributed by atoms with E-state index in [0.717, 1.165) is 0 Å². The van der Waals surface area contributed by atoms with Gasteiger partial charge in [-0.25, -0.2) is 0 Å². The lowest BCUT2D eigenvalue weighted by atomic mass is 10.1. The van der Waals surface area contributed by atoms with Crippen molar-refractivity contribution in [3.05, 3.63) is 28.8 Å². The van der Waals surface area contributed by atoms with Crippen molar-refractivity contribution in [3.8, 4) is 0 Å². The van der Waals surface area contributed by atoms with E-state index in [9.17, 15) is 4.79 Å². The summed E-state index contributed by atoms with van der Waals surface area (Å²) < 4.78 is 0. The molecule has 1 aromatic rings. The Bertz CT molecular complexity index is 309. The third-order valence-electron chi connectivity index (χ3n) is 1.64. The van der Waals surface area contributed by atoms with Crippen molar-refractivity contribution in [3.63, 3.8) is 0 Å². The van der Waals surface area contributed by atoms with Crippen molar-refractivity contribution in [2.24, 2.45) is 0 Å². The fourth-order valence-electron chi connectivity index (χ4n) is 0.960. The van der Waals surface area contributed by atoms with Crippen molar-refractivity contribution >= 4 is 23.1 Å². The molecule has 0 aliphatic carbocycles. The predicted molar refractivity (Wildman–Crippen MR) is 50.5 cm³/mol. The zero-order chi connectivity index (χ0) is 9.14. The number of nitrogens with two attached hydrogens (primary N) is 1. The minimum atomic E-state index is 0.0231. The number of benzene rings is 1. The van der Waals surface area contributed by atoms with Gasteiger partial charge in [-0.2, -0.15) is 0 Å². The zero-order valence-corrected chi connectivity index (χ0v) is 7.56. The van der Waals surface area contributed by atoms with Gasteiger partial charge in [-0.3, -0.25) is 4.79 Å². The quantitative estimate of drug-likeness (QED) is 0.566. The summed E-state index contributed by atoms with van der Waals surface area (Å²) in [6, 6.07) is 4.91. The number of carbonyl (C=O) groups is 1. The van der Waals surface area contributed by atoms with Gasteiger partial charge >= 0.3 is 0 Å². The summed E-state index contributed by atoms with van der Waals surface area (Å²) in [4.78, 5) is 11.2. The van der Waals surface area contributed by atoms with Crippen LogP contribution in [0.4, 0.5) is 5.69 Å². The second-order valence-corrected chi connectivity index (χ2v) is 2.94. The van der Waals surface area contributed by atoms with Crippen LogP contribution in [0.3, 0.4) is 0 Å². The molecular formula is C9H10ClNO. The lowest BCUT2D eigenvalue weighted by Gasteiger charge is -2.02. The van der Waals surface area contributed by atoms with E-state index in [1.807, 2.05) is 0 Å². The van der Waals surface area contributed by atoms with Gasteiger partial charge in [-0.15, -0.1) is 0 Å². The zero-order valence-electron chi connectivity index (χ0n) is 6.80. The molecule has 1 aromatic carbocycles. The molecule has 0 aliphatic rings. The van der Waals surface area contributed by atoms with Crippen LogP contribution < -0.4 is 5.73 Å². The third kappa shape index (κ3) is 1.77. The number of Topliss-reactive ketones (excluding diaryl/α,β-unsaturated/α-hetero) is 1. The molecule has 0 saturated carbocycles. The molecule has 12 heavy (non-hydrogen) atoms. The highest BCUT2D eigenvalue weighted by Gasteiger charge is 2.07. The van der Waals surface area contributed by atoms with Crippen LogP contribution in [0.25, 0.3) is 0 Å². The highest BCUT2D eigenvalue weighted by molar-refractivity contribution is 6.31. The van der Waals surface area contributed by atoms with E-state index < -0.39 is 0 Å². The van der Waals surface area contributed by atoms with Crippen LogP contribution in [-0.2, 0) is 0 Å². The maximum atomic E-state index is 11.2. The Balaban J connectivity index is 3.13. The van der Waals surface area contributed by atoms with E-state index in [1.165, 1.54) is 0 Å². The Hall–Kier alpha value is -1.02. The molecule has 0 saturated heterocycles. The van der Waals surface area contributed by atoms with Crippen LogP contribution in [0.15, 0.2) is 18.2 Å². The molecule has 1 rings (SSSR count). The number of ketones is 1. The number of carbonyl (C=O) groups excluding carboxylic acids is 1. The summed E-state index contributed by atoms with van der Waals surface area (Å²) in [6.07, 6.45) is 0.449. The van der Waals surface area contributed by atoms with Gasteiger partial charge in [0.25, 0.3) is 0 Å². The van der Waals surface area contributed by atoms with E-state index in [4.69, 9.17) is 17.3 Å². The van der Waals surface area contributed by atoms with Gasteiger partial charge in [-0.05, 0) is 18.2 Å². The molecular weight excluding hydrogens is 174 g/mol. The number of nitrogen functional groups attached to an aromatic ring is 1. The van der Waals surface area contributed by atoms with Crippen molar-refractivity contribution in [1.29, 1.82) is 0 Å². The highest BCUT2D eigenvalue weighted by atomic mass is 35.5. The molecule has 0 radical (unpaired) electrons. The molecule has 0 aromatic heterocycles. The van der Waals surface area contributed by atoms with E-state index in [-0.39, 0.29) is 5.78 Å². The topological polar surface area (TPSA) is 43.1 Å². The Morgan fingerprint density at radius 3 is 2.83 bits per heavy atom. The summed E-state index contributed by atoms with van der Waals surface area (Å²) in [5.74, 6) is 0.0231. The van der Waals surface area contributed by atoms with Crippen LogP contribution >= 0.6 is 11.6 Å². The van der Waals surface area contributed by atoms with Gasteiger partial charge < -0.3 is 5.73 Å². The van der Waals surface area contributed by atoms with Crippen LogP contribution in [0.5, 0.6) is 0 Å². The summed E-state index contributed by atoms with van der Waals surface area (Å²) in [6.45, 7) is 1.79. The highest BCUT2D eigenvalue weighted by Crippen LogP contribution is 2.18. The van der Waals surface area contributed by atoms with Gasteiger partial charge in [0.15, 0.2) is 5.78 Å². The number of hydrogen-bond acceptors (Lipinski definition) is 2. The van der Waals surface area contributed by atoms with Crippen LogP contribution in [-0.4, -0.2) is 5.78 Å². The molecule has 3 heteroatoms. The molecule has 64 valence electrons. The molecule has 0 bridgehead atoms. The molecule has 0 amide bonds.